The summed E-state index contributed by atoms with van der Waals surface area (Å²) in [6.07, 6.45) is 1.62. The molecular formula is C17H18N2O4S. The topological polar surface area (TPSA) is 76.6 Å². The molecule has 1 aromatic heterocycles. The molecule has 0 radical (unpaired) electrons. The monoisotopic (exact) mass is 346 g/mol. The van der Waals surface area contributed by atoms with Gasteiger partial charge in [0.15, 0.2) is 0 Å². The van der Waals surface area contributed by atoms with Gasteiger partial charge in [-0.1, -0.05) is 18.2 Å². The van der Waals surface area contributed by atoms with Crippen molar-refractivity contribution >= 4 is 15.9 Å². The second-order valence-electron chi connectivity index (χ2n) is 5.77. The molecule has 0 N–H and O–H groups in total. The van der Waals surface area contributed by atoms with Crippen LogP contribution < -0.4 is 4.74 Å². The summed E-state index contributed by atoms with van der Waals surface area (Å²) >= 11 is 0. The molecule has 0 atom stereocenters. The number of pyridine rings is 1. The molecule has 0 fully saturated rings. The van der Waals surface area contributed by atoms with Gasteiger partial charge in [0.1, 0.15) is 5.75 Å². The fourth-order valence-electron chi connectivity index (χ4n) is 2.93. The first-order valence-corrected chi connectivity index (χ1v) is 9.08. The number of methoxy groups -OCH3 is 1. The first kappa shape index (κ1) is 16.4. The number of fused-ring (bicyclic) bond motifs is 1. The number of ether oxygens (including phenoxy) is 1. The van der Waals surface area contributed by atoms with Gasteiger partial charge < -0.3 is 4.74 Å². The zero-order valence-corrected chi connectivity index (χ0v) is 14.6. The number of rotatable bonds is 3. The number of aryl methyl sites for hydroxylation is 1. The average Bonchev–Trinajstić information content (AvgIpc) is 2.53. The van der Waals surface area contributed by atoms with Gasteiger partial charge in [0.05, 0.1) is 25.1 Å². The van der Waals surface area contributed by atoms with Gasteiger partial charge in [-0.2, -0.15) is 0 Å². The number of hydrogen-bond acceptors (Lipinski definition) is 5. The first-order chi connectivity index (χ1) is 11.3. The van der Waals surface area contributed by atoms with E-state index in [1.807, 2.05) is 13.8 Å². The lowest BCUT2D eigenvalue weighted by atomic mass is 10.1. The predicted octanol–water partition coefficient (Wildman–Crippen LogP) is 2.19. The van der Waals surface area contributed by atoms with Crippen molar-refractivity contribution in [3.63, 3.8) is 0 Å². The fourth-order valence-corrected chi connectivity index (χ4v) is 4.40. The fraction of sp³-hybridized carbons (Fsp3) is 0.294. The Morgan fingerprint density at radius 1 is 1.25 bits per heavy atom. The molecule has 2 heterocycles. The number of carbonyl (C=O) groups is 1. The van der Waals surface area contributed by atoms with Gasteiger partial charge in [0.2, 0.25) is 10.0 Å². The van der Waals surface area contributed by atoms with Gasteiger partial charge >= 0.3 is 0 Å². The third-order valence-electron chi connectivity index (χ3n) is 4.19. The Kier molecular flexibility index (Phi) is 4.04. The van der Waals surface area contributed by atoms with E-state index in [1.165, 1.54) is 0 Å². The van der Waals surface area contributed by atoms with Crippen molar-refractivity contribution in [3.8, 4) is 5.75 Å². The molecule has 0 saturated heterocycles. The Labute approximate surface area is 141 Å². The van der Waals surface area contributed by atoms with E-state index in [4.69, 9.17) is 4.74 Å². The van der Waals surface area contributed by atoms with Crippen LogP contribution in [-0.2, 0) is 22.3 Å². The van der Waals surface area contributed by atoms with Crippen molar-refractivity contribution in [1.82, 2.24) is 9.29 Å². The number of amides is 1. The van der Waals surface area contributed by atoms with E-state index in [1.54, 1.807) is 37.6 Å². The molecule has 1 amide bonds. The summed E-state index contributed by atoms with van der Waals surface area (Å²) in [6.45, 7) is 3.57. The maximum atomic E-state index is 12.7. The van der Waals surface area contributed by atoms with E-state index in [2.05, 4.69) is 4.98 Å². The maximum Gasteiger partial charge on any atom is 0.268 e. The van der Waals surface area contributed by atoms with Gasteiger partial charge in [-0.25, -0.2) is 12.7 Å². The largest absolute Gasteiger partial charge is 0.496 e. The second kappa shape index (κ2) is 5.90. The zero-order chi connectivity index (χ0) is 17.5. The highest BCUT2D eigenvalue weighted by Crippen LogP contribution is 2.29. The maximum absolute atomic E-state index is 12.7. The summed E-state index contributed by atoms with van der Waals surface area (Å²) in [7, 11) is -2.17. The number of sulfonamides is 1. The molecule has 24 heavy (non-hydrogen) atoms. The lowest BCUT2D eigenvalue weighted by Gasteiger charge is -2.28. The van der Waals surface area contributed by atoms with E-state index >= 15 is 0 Å². The van der Waals surface area contributed by atoms with Crippen molar-refractivity contribution in [3.05, 3.63) is 58.4 Å². The number of nitrogens with zero attached hydrogens (tertiary/aromatic N) is 2. The lowest BCUT2D eigenvalue weighted by molar-refractivity contribution is 0.0847. The summed E-state index contributed by atoms with van der Waals surface area (Å²) in [5.74, 6) is -0.0448. The summed E-state index contributed by atoms with van der Waals surface area (Å²) in [5.41, 5.74) is 3.05. The SMILES string of the molecule is COc1c(C)cnc(CN2C(=O)c3ccccc3CS2(=O)=O)c1C. The minimum Gasteiger partial charge on any atom is -0.496 e. The summed E-state index contributed by atoms with van der Waals surface area (Å²) in [5, 5.41) is 0. The molecular weight excluding hydrogens is 328 g/mol. The minimum atomic E-state index is -3.73. The molecule has 3 rings (SSSR count). The van der Waals surface area contributed by atoms with Crippen LogP contribution in [0.4, 0.5) is 0 Å². The van der Waals surface area contributed by atoms with Crippen LogP contribution in [0, 0.1) is 13.8 Å². The Bertz CT molecular complexity index is 922. The van der Waals surface area contributed by atoms with Crippen LogP contribution in [-0.4, -0.2) is 30.7 Å². The lowest BCUT2D eigenvalue weighted by Crippen LogP contribution is -2.41. The van der Waals surface area contributed by atoms with Crippen LogP contribution in [0.5, 0.6) is 5.75 Å². The van der Waals surface area contributed by atoms with Crippen LogP contribution in [0.2, 0.25) is 0 Å². The van der Waals surface area contributed by atoms with Gasteiger partial charge in [0.25, 0.3) is 5.91 Å². The summed E-state index contributed by atoms with van der Waals surface area (Å²) in [6, 6.07) is 6.77. The number of hydrogen-bond donors (Lipinski definition) is 0. The third-order valence-corrected chi connectivity index (χ3v) is 5.83. The molecule has 126 valence electrons. The van der Waals surface area contributed by atoms with E-state index in [9.17, 15) is 13.2 Å². The van der Waals surface area contributed by atoms with Crippen molar-refractivity contribution in [2.75, 3.05) is 7.11 Å². The summed E-state index contributed by atoms with van der Waals surface area (Å²) in [4.78, 5) is 17.0. The van der Waals surface area contributed by atoms with Crippen LogP contribution in [0.1, 0.15) is 32.7 Å². The van der Waals surface area contributed by atoms with Crippen molar-refractivity contribution in [2.24, 2.45) is 0 Å². The van der Waals surface area contributed by atoms with Gasteiger partial charge in [0, 0.05) is 22.9 Å². The molecule has 0 saturated carbocycles. The standard InChI is InChI=1S/C17H18N2O4S/c1-11-8-18-15(12(2)16(11)23-3)9-19-17(20)14-7-5-4-6-13(14)10-24(19,21)22/h4-8H,9-10H2,1-3H3. The van der Waals surface area contributed by atoms with Crippen molar-refractivity contribution < 1.29 is 17.9 Å². The highest BCUT2D eigenvalue weighted by Gasteiger charge is 2.36. The second-order valence-corrected chi connectivity index (χ2v) is 7.66. The Morgan fingerprint density at radius 2 is 1.96 bits per heavy atom. The molecule has 1 aromatic carbocycles. The smallest absolute Gasteiger partial charge is 0.268 e. The van der Waals surface area contributed by atoms with Gasteiger partial charge in [-0.05, 0) is 25.5 Å². The molecule has 1 aliphatic heterocycles. The van der Waals surface area contributed by atoms with Crippen molar-refractivity contribution in [1.29, 1.82) is 0 Å². The van der Waals surface area contributed by atoms with Gasteiger partial charge in [-0.15, -0.1) is 0 Å². The molecule has 0 unspecified atom stereocenters. The highest BCUT2D eigenvalue weighted by atomic mass is 32.2. The molecule has 6 nitrogen and oxygen atoms in total. The highest BCUT2D eigenvalue weighted by molar-refractivity contribution is 7.89. The molecule has 0 spiro atoms. The molecule has 2 aromatic rings. The first-order valence-electron chi connectivity index (χ1n) is 7.47. The van der Waals surface area contributed by atoms with Crippen LogP contribution in [0.25, 0.3) is 0 Å². The van der Waals surface area contributed by atoms with E-state index in [0.717, 1.165) is 15.4 Å². The molecule has 7 heteroatoms. The zero-order valence-electron chi connectivity index (χ0n) is 13.7. The molecule has 0 aliphatic carbocycles. The Balaban J connectivity index is 2.03. The molecule has 0 bridgehead atoms. The normalized spacial score (nSPS) is 16.0. The number of aromatic nitrogens is 1. The third kappa shape index (κ3) is 2.65. The summed E-state index contributed by atoms with van der Waals surface area (Å²) < 4.78 is 31.3. The molecule has 1 aliphatic rings. The Morgan fingerprint density at radius 3 is 2.67 bits per heavy atom. The van der Waals surface area contributed by atoms with E-state index in [0.29, 0.717) is 22.6 Å². The van der Waals surface area contributed by atoms with E-state index in [-0.39, 0.29) is 12.3 Å². The predicted molar refractivity (Wildman–Crippen MR) is 89.2 cm³/mol. The average molecular weight is 346 g/mol. The Hall–Kier alpha value is -2.41. The van der Waals surface area contributed by atoms with Gasteiger partial charge in [-0.3, -0.25) is 9.78 Å². The van der Waals surface area contributed by atoms with Crippen molar-refractivity contribution in [2.45, 2.75) is 26.1 Å². The minimum absolute atomic E-state index is 0.0992. The van der Waals surface area contributed by atoms with Crippen LogP contribution in [0.3, 0.4) is 0 Å². The number of benzene rings is 1. The van der Waals surface area contributed by atoms with E-state index < -0.39 is 15.9 Å². The van der Waals surface area contributed by atoms with Crippen LogP contribution in [0.15, 0.2) is 30.5 Å². The number of carbonyl (C=O) groups excluding carboxylic acids is 1. The quantitative estimate of drug-likeness (QED) is 0.851. The van der Waals surface area contributed by atoms with Crippen LogP contribution >= 0.6 is 0 Å².